The van der Waals surface area contributed by atoms with Crippen molar-refractivity contribution in [1.82, 2.24) is 0 Å². The number of aryl methyl sites for hydroxylation is 1. The van der Waals surface area contributed by atoms with E-state index in [0.717, 1.165) is 5.75 Å². The third-order valence-electron chi connectivity index (χ3n) is 4.44. The SMILES string of the molecule is Cc1ccc(-c2ccc3cc(OCc4ccccc4)ccc3c2)cc1. The first-order valence-electron chi connectivity index (χ1n) is 8.55. The highest BCUT2D eigenvalue weighted by molar-refractivity contribution is 5.88. The number of ether oxygens (including phenoxy) is 1. The molecule has 1 nitrogen and oxygen atoms in total. The number of benzene rings is 4. The Morgan fingerprint density at radius 2 is 1.32 bits per heavy atom. The highest BCUT2D eigenvalue weighted by atomic mass is 16.5. The lowest BCUT2D eigenvalue weighted by atomic mass is 10.0. The standard InChI is InChI=1S/C24H20O/c1-18-7-9-20(10-8-18)21-11-12-23-16-24(14-13-22(23)15-21)25-17-19-5-3-2-4-6-19/h2-16H,17H2,1H3. The fraction of sp³-hybridized carbons (Fsp3) is 0.0833. The predicted molar refractivity (Wildman–Crippen MR) is 105 cm³/mol. The minimum absolute atomic E-state index is 0.591. The zero-order valence-corrected chi connectivity index (χ0v) is 14.3. The maximum Gasteiger partial charge on any atom is 0.120 e. The van der Waals surface area contributed by atoms with Crippen LogP contribution in [0.1, 0.15) is 11.1 Å². The first-order chi connectivity index (χ1) is 12.3. The molecule has 4 rings (SSSR count). The third-order valence-corrected chi connectivity index (χ3v) is 4.44. The normalized spacial score (nSPS) is 10.8. The van der Waals surface area contributed by atoms with Crippen LogP contribution in [-0.4, -0.2) is 0 Å². The highest BCUT2D eigenvalue weighted by Crippen LogP contribution is 2.27. The predicted octanol–water partition coefficient (Wildman–Crippen LogP) is 6.39. The third kappa shape index (κ3) is 3.56. The van der Waals surface area contributed by atoms with Crippen LogP contribution >= 0.6 is 0 Å². The van der Waals surface area contributed by atoms with Gasteiger partial charge in [-0.25, -0.2) is 0 Å². The minimum Gasteiger partial charge on any atom is -0.489 e. The molecule has 0 aliphatic rings. The molecule has 0 unspecified atom stereocenters. The van der Waals surface area contributed by atoms with Crippen LogP contribution in [0.25, 0.3) is 21.9 Å². The molecule has 122 valence electrons. The summed E-state index contributed by atoms with van der Waals surface area (Å²) in [6, 6.07) is 31.8. The van der Waals surface area contributed by atoms with E-state index in [2.05, 4.69) is 73.7 Å². The number of hydrogen-bond acceptors (Lipinski definition) is 1. The van der Waals surface area contributed by atoms with Crippen LogP contribution in [-0.2, 0) is 6.61 Å². The lowest BCUT2D eigenvalue weighted by molar-refractivity contribution is 0.306. The molecule has 0 saturated heterocycles. The molecule has 0 fully saturated rings. The van der Waals surface area contributed by atoms with E-state index in [1.54, 1.807) is 0 Å². The second-order valence-electron chi connectivity index (χ2n) is 6.36. The van der Waals surface area contributed by atoms with Crippen molar-refractivity contribution in [3.8, 4) is 16.9 Å². The molecule has 0 amide bonds. The maximum atomic E-state index is 5.93. The Morgan fingerprint density at radius 1 is 0.640 bits per heavy atom. The van der Waals surface area contributed by atoms with Crippen molar-refractivity contribution in [3.05, 3.63) is 102 Å². The Balaban J connectivity index is 1.57. The van der Waals surface area contributed by atoms with Gasteiger partial charge in [-0.15, -0.1) is 0 Å². The Morgan fingerprint density at radius 3 is 2.12 bits per heavy atom. The first kappa shape index (κ1) is 15.5. The average Bonchev–Trinajstić information content (AvgIpc) is 2.67. The maximum absolute atomic E-state index is 5.93. The summed E-state index contributed by atoms with van der Waals surface area (Å²) in [6.45, 7) is 2.70. The van der Waals surface area contributed by atoms with Crippen LogP contribution in [0.3, 0.4) is 0 Å². The summed E-state index contributed by atoms with van der Waals surface area (Å²) in [5, 5.41) is 2.42. The molecule has 4 aromatic rings. The van der Waals surface area contributed by atoms with E-state index >= 15 is 0 Å². The van der Waals surface area contributed by atoms with Gasteiger partial charge in [-0.05, 0) is 52.6 Å². The van der Waals surface area contributed by atoms with E-state index in [0.29, 0.717) is 6.61 Å². The number of rotatable bonds is 4. The minimum atomic E-state index is 0.591. The van der Waals surface area contributed by atoms with Crippen LogP contribution in [0.4, 0.5) is 0 Å². The van der Waals surface area contributed by atoms with Gasteiger partial charge >= 0.3 is 0 Å². The Kier molecular flexibility index (Phi) is 4.22. The van der Waals surface area contributed by atoms with Crippen molar-refractivity contribution in [2.24, 2.45) is 0 Å². The molecule has 0 aliphatic heterocycles. The topological polar surface area (TPSA) is 9.23 Å². The molecule has 0 N–H and O–H groups in total. The Bertz CT molecular complexity index is 985. The molecule has 0 aliphatic carbocycles. The summed E-state index contributed by atoms with van der Waals surface area (Å²) >= 11 is 0. The van der Waals surface area contributed by atoms with Crippen molar-refractivity contribution in [2.75, 3.05) is 0 Å². The fourth-order valence-electron chi connectivity index (χ4n) is 2.98. The van der Waals surface area contributed by atoms with Crippen molar-refractivity contribution >= 4 is 10.8 Å². The van der Waals surface area contributed by atoms with Gasteiger partial charge in [0.1, 0.15) is 12.4 Å². The van der Waals surface area contributed by atoms with Crippen LogP contribution < -0.4 is 4.74 Å². The largest absolute Gasteiger partial charge is 0.489 e. The Labute approximate surface area is 148 Å². The summed E-state index contributed by atoms with van der Waals surface area (Å²) in [7, 11) is 0. The lowest BCUT2D eigenvalue weighted by Gasteiger charge is -2.09. The van der Waals surface area contributed by atoms with Gasteiger partial charge in [0, 0.05) is 0 Å². The molecule has 0 saturated carbocycles. The smallest absolute Gasteiger partial charge is 0.120 e. The second-order valence-corrected chi connectivity index (χ2v) is 6.36. The van der Waals surface area contributed by atoms with Crippen LogP contribution in [0.2, 0.25) is 0 Å². The molecule has 0 heterocycles. The van der Waals surface area contributed by atoms with Crippen molar-refractivity contribution in [3.63, 3.8) is 0 Å². The van der Waals surface area contributed by atoms with Gasteiger partial charge in [-0.1, -0.05) is 78.4 Å². The molecule has 0 radical (unpaired) electrons. The molecular formula is C24H20O. The molecule has 25 heavy (non-hydrogen) atoms. The van der Waals surface area contributed by atoms with Gasteiger partial charge in [0.15, 0.2) is 0 Å². The van der Waals surface area contributed by atoms with E-state index in [1.165, 1.54) is 33.0 Å². The Hall–Kier alpha value is -3.06. The lowest BCUT2D eigenvalue weighted by Crippen LogP contribution is -1.94. The van der Waals surface area contributed by atoms with Gasteiger partial charge in [-0.3, -0.25) is 0 Å². The van der Waals surface area contributed by atoms with Crippen LogP contribution in [0, 0.1) is 6.92 Å². The summed E-state index contributed by atoms with van der Waals surface area (Å²) in [4.78, 5) is 0. The van der Waals surface area contributed by atoms with Gasteiger partial charge in [0.05, 0.1) is 0 Å². The van der Waals surface area contributed by atoms with Gasteiger partial charge in [0.25, 0.3) is 0 Å². The molecule has 0 spiro atoms. The fourth-order valence-corrected chi connectivity index (χ4v) is 2.98. The molecule has 0 bridgehead atoms. The quantitative estimate of drug-likeness (QED) is 0.422. The number of hydrogen-bond donors (Lipinski definition) is 0. The van der Waals surface area contributed by atoms with E-state index in [-0.39, 0.29) is 0 Å². The van der Waals surface area contributed by atoms with Gasteiger partial charge in [0.2, 0.25) is 0 Å². The zero-order valence-electron chi connectivity index (χ0n) is 14.3. The molecule has 0 atom stereocenters. The van der Waals surface area contributed by atoms with Gasteiger partial charge in [-0.2, -0.15) is 0 Å². The summed E-state index contributed by atoms with van der Waals surface area (Å²) in [5.74, 6) is 0.902. The zero-order chi connectivity index (χ0) is 17.1. The average molecular weight is 324 g/mol. The molecule has 0 aromatic heterocycles. The van der Waals surface area contributed by atoms with Gasteiger partial charge < -0.3 is 4.74 Å². The molecule has 4 aromatic carbocycles. The van der Waals surface area contributed by atoms with Crippen molar-refractivity contribution in [2.45, 2.75) is 13.5 Å². The number of fused-ring (bicyclic) bond motifs is 1. The highest BCUT2D eigenvalue weighted by Gasteiger charge is 2.02. The monoisotopic (exact) mass is 324 g/mol. The second kappa shape index (κ2) is 6.82. The summed E-state index contributed by atoms with van der Waals surface area (Å²) in [6.07, 6.45) is 0. The van der Waals surface area contributed by atoms with Crippen LogP contribution in [0.15, 0.2) is 91.0 Å². The van der Waals surface area contributed by atoms with Crippen molar-refractivity contribution in [1.29, 1.82) is 0 Å². The van der Waals surface area contributed by atoms with E-state index in [9.17, 15) is 0 Å². The summed E-state index contributed by atoms with van der Waals surface area (Å²) in [5.41, 5.74) is 4.95. The van der Waals surface area contributed by atoms with E-state index in [4.69, 9.17) is 4.74 Å². The molecular weight excluding hydrogens is 304 g/mol. The van der Waals surface area contributed by atoms with Crippen LogP contribution in [0.5, 0.6) is 5.75 Å². The van der Waals surface area contributed by atoms with E-state index < -0.39 is 0 Å². The van der Waals surface area contributed by atoms with E-state index in [1.807, 2.05) is 24.3 Å². The van der Waals surface area contributed by atoms with Crippen molar-refractivity contribution < 1.29 is 4.74 Å². The molecule has 1 heteroatoms. The first-order valence-corrected chi connectivity index (χ1v) is 8.55. The summed E-state index contributed by atoms with van der Waals surface area (Å²) < 4.78 is 5.93.